The van der Waals surface area contributed by atoms with Crippen LogP contribution in [0.3, 0.4) is 0 Å². The second-order valence-corrected chi connectivity index (χ2v) is 5.83. The van der Waals surface area contributed by atoms with Gasteiger partial charge in [-0.2, -0.15) is 0 Å². The Kier molecular flexibility index (Phi) is 6.25. The van der Waals surface area contributed by atoms with Gasteiger partial charge >= 0.3 is 5.97 Å². The van der Waals surface area contributed by atoms with E-state index in [1.807, 2.05) is 0 Å². The molecule has 0 radical (unpaired) electrons. The first-order valence-corrected chi connectivity index (χ1v) is 7.81. The van der Waals surface area contributed by atoms with Gasteiger partial charge in [-0.15, -0.1) is 0 Å². The molecule has 0 aliphatic rings. The smallest absolute Gasteiger partial charge is 0.335 e. The first kappa shape index (κ1) is 18.6. The summed E-state index contributed by atoms with van der Waals surface area (Å²) in [7, 11) is 1.50. The van der Waals surface area contributed by atoms with Crippen molar-refractivity contribution in [1.29, 1.82) is 0 Å². The second-order valence-electron chi connectivity index (χ2n) is 5.83. The van der Waals surface area contributed by atoms with Crippen LogP contribution in [0, 0.1) is 5.82 Å². The summed E-state index contributed by atoms with van der Waals surface area (Å²) in [4.78, 5) is 23.4. The largest absolute Gasteiger partial charge is 0.478 e. The molecule has 2 rings (SSSR count). The number of anilines is 1. The number of carboxylic acid groups (broad SMARTS) is 1. The van der Waals surface area contributed by atoms with Crippen LogP contribution < -0.4 is 5.32 Å². The summed E-state index contributed by atoms with van der Waals surface area (Å²) in [6.45, 7) is 2.00. The number of nitrogens with one attached hydrogen (secondary N) is 1. The van der Waals surface area contributed by atoms with Crippen LogP contribution in [0.5, 0.6) is 0 Å². The maximum absolute atomic E-state index is 13.8. The van der Waals surface area contributed by atoms with Crippen molar-refractivity contribution in [3.05, 3.63) is 65.0 Å². The Hall–Kier alpha value is -2.73. The SMILES string of the molecule is COCc1cc(NC(=O)CC(C)c2ccccc2F)cc(C(=O)O)c1. The van der Waals surface area contributed by atoms with Crippen molar-refractivity contribution < 1.29 is 23.8 Å². The van der Waals surface area contributed by atoms with Crippen molar-refractivity contribution in [3.8, 4) is 0 Å². The lowest BCUT2D eigenvalue weighted by atomic mass is 9.97. The van der Waals surface area contributed by atoms with Gasteiger partial charge < -0.3 is 15.2 Å². The summed E-state index contributed by atoms with van der Waals surface area (Å²) in [5.41, 5.74) is 1.54. The van der Waals surface area contributed by atoms with Crippen molar-refractivity contribution in [2.24, 2.45) is 0 Å². The van der Waals surface area contributed by atoms with Crippen molar-refractivity contribution >= 4 is 17.6 Å². The third-order valence-corrected chi connectivity index (χ3v) is 3.76. The molecule has 0 aliphatic carbocycles. The van der Waals surface area contributed by atoms with Gasteiger partial charge in [0.25, 0.3) is 0 Å². The van der Waals surface area contributed by atoms with Crippen LogP contribution >= 0.6 is 0 Å². The molecule has 2 aromatic carbocycles. The molecular weight excluding hydrogens is 325 g/mol. The molecule has 0 saturated carbocycles. The first-order valence-electron chi connectivity index (χ1n) is 7.81. The number of aromatic carboxylic acids is 1. The second kappa shape index (κ2) is 8.39. The molecule has 6 heteroatoms. The highest BCUT2D eigenvalue weighted by Gasteiger charge is 2.15. The lowest BCUT2D eigenvalue weighted by molar-refractivity contribution is -0.116. The van der Waals surface area contributed by atoms with Gasteiger partial charge in [0.2, 0.25) is 5.91 Å². The summed E-state index contributed by atoms with van der Waals surface area (Å²) >= 11 is 0. The average Bonchev–Trinajstić information content (AvgIpc) is 2.55. The van der Waals surface area contributed by atoms with E-state index in [0.29, 0.717) is 16.8 Å². The minimum Gasteiger partial charge on any atom is -0.478 e. The predicted octanol–water partition coefficient (Wildman–Crippen LogP) is 3.80. The number of hydrogen-bond acceptors (Lipinski definition) is 3. The quantitative estimate of drug-likeness (QED) is 0.800. The number of benzene rings is 2. The lowest BCUT2D eigenvalue weighted by Gasteiger charge is -2.14. The molecule has 1 unspecified atom stereocenters. The van der Waals surface area contributed by atoms with E-state index < -0.39 is 5.97 Å². The zero-order valence-electron chi connectivity index (χ0n) is 14.1. The average molecular weight is 345 g/mol. The molecule has 25 heavy (non-hydrogen) atoms. The molecule has 0 bridgehead atoms. The Morgan fingerprint density at radius 1 is 1.24 bits per heavy atom. The molecule has 0 spiro atoms. The minimum absolute atomic E-state index is 0.0620. The molecule has 5 nitrogen and oxygen atoms in total. The monoisotopic (exact) mass is 345 g/mol. The Balaban J connectivity index is 2.12. The molecule has 2 aromatic rings. The van der Waals surface area contributed by atoms with Gasteiger partial charge in [0.05, 0.1) is 12.2 Å². The Labute approximate surface area is 145 Å². The van der Waals surface area contributed by atoms with E-state index in [9.17, 15) is 14.0 Å². The van der Waals surface area contributed by atoms with Crippen LogP contribution in [0.1, 0.15) is 40.7 Å². The summed E-state index contributed by atoms with van der Waals surface area (Å²) in [6, 6.07) is 10.9. The molecule has 1 atom stereocenters. The molecule has 0 aromatic heterocycles. The van der Waals surface area contributed by atoms with E-state index in [4.69, 9.17) is 9.84 Å². The number of amides is 1. The van der Waals surface area contributed by atoms with Gasteiger partial charge in [0, 0.05) is 19.2 Å². The summed E-state index contributed by atoms with van der Waals surface area (Å²) < 4.78 is 18.8. The van der Waals surface area contributed by atoms with Crippen LogP contribution in [-0.2, 0) is 16.1 Å². The molecule has 0 saturated heterocycles. The van der Waals surface area contributed by atoms with Crippen molar-refractivity contribution in [2.45, 2.75) is 25.9 Å². The Morgan fingerprint density at radius 2 is 1.96 bits per heavy atom. The number of carbonyl (C=O) groups excluding carboxylic acids is 1. The molecular formula is C19H20FNO4. The van der Waals surface area contributed by atoms with E-state index in [1.165, 1.54) is 25.3 Å². The molecule has 0 fully saturated rings. The van der Waals surface area contributed by atoms with Crippen molar-refractivity contribution in [2.75, 3.05) is 12.4 Å². The third kappa shape index (κ3) is 5.12. The molecule has 1 amide bonds. The highest BCUT2D eigenvalue weighted by Crippen LogP contribution is 2.23. The predicted molar refractivity (Wildman–Crippen MR) is 92.2 cm³/mol. The van der Waals surface area contributed by atoms with Crippen LogP contribution in [-0.4, -0.2) is 24.1 Å². The fraction of sp³-hybridized carbons (Fsp3) is 0.263. The molecule has 2 N–H and O–H groups in total. The van der Waals surface area contributed by atoms with Gasteiger partial charge in [-0.1, -0.05) is 25.1 Å². The number of methoxy groups -OCH3 is 1. The maximum Gasteiger partial charge on any atom is 0.335 e. The fourth-order valence-corrected chi connectivity index (χ4v) is 2.61. The summed E-state index contributed by atoms with van der Waals surface area (Å²) in [5, 5.41) is 11.8. The molecule has 0 heterocycles. The lowest BCUT2D eigenvalue weighted by Crippen LogP contribution is -2.15. The number of carboxylic acids is 1. The Morgan fingerprint density at radius 3 is 2.60 bits per heavy atom. The van der Waals surface area contributed by atoms with E-state index >= 15 is 0 Å². The normalized spacial score (nSPS) is 11.8. The zero-order valence-corrected chi connectivity index (χ0v) is 14.1. The van der Waals surface area contributed by atoms with Gasteiger partial charge in [0.1, 0.15) is 5.82 Å². The zero-order chi connectivity index (χ0) is 18.4. The van der Waals surface area contributed by atoms with E-state index in [1.54, 1.807) is 31.2 Å². The Bertz CT molecular complexity index is 776. The maximum atomic E-state index is 13.8. The van der Waals surface area contributed by atoms with E-state index in [0.717, 1.165) is 0 Å². The van der Waals surface area contributed by atoms with E-state index in [2.05, 4.69) is 5.32 Å². The number of halogens is 1. The van der Waals surface area contributed by atoms with Crippen LogP contribution in [0.15, 0.2) is 42.5 Å². The molecule has 0 aliphatic heterocycles. The number of hydrogen-bond donors (Lipinski definition) is 2. The van der Waals surface area contributed by atoms with Gasteiger partial charge in [-0.05, 0) is 41.3 Å². The minimum atomic E-state index is -1.09. The standard InChI is InChI=1S/C19H20FNO4/c1-12(16-5-3-4-6-17(16)20)7-18(22)21-15-9-13(11-25-2)8-14(10-15)19(23)24/h3-6,8-10,12H,7,11H2,1-2H3,(H,21,22)(H,23,24). The number of rotatable bonds is 7. The molecule has 132 valence electrons. The van der Waals surface area contributed by atoms with Crippen LogP contribution in [0.25, 0.3) is 0 Å². The van der Waals surface area contributed by atoms with Crippen molar-refractivity contribution in [1.82, 2.24) is 0 Å². The van der Waals surface area contributed by atoms with Crippen molar-refractivity contribution in [3.63, 3.8) is 0 Å². The van der Waals surface area contributed by atoms with Gasteiger partial charge in [0.15, 0.2) is 0 Å². The van der Waals surface area contributed by atoms with Gasteiger partial charge in [-0.25, -0.2) is 9.18 Å². The third-order valence-electron chi connectivity index (χ3n) is 3.76. The first-order chi connectivity index (χ1) is 11.9. The highest BCUT2D eigenvalue weighted by atomic mass is 19.1. The fourth-order valence-electron chi connectivity index (χ4n) is 2.61. The van der Waals surface area contributed by atoms with Gasteiger partial charge in [-0.3, -0.25) is 4.79 Å². The van der Waals surface area contributed by atoms with Crippen LogP contribution in [0.4, 0.5) is 10.1 Å². The topological polar surface area (TPSA) is 75.6 Å². The highest BCUT2D eigenvalue weighted by molar-refractivity contribution is 5.94. The van der Waals surface area contributed by atoms with E-state index in [-0.39, 0.29) is 36.2 Å². The number of carbonyl (C=O) groups is 2. The summed E-state index contributed by atoms with van der Waals surface area (Å²) in [5.74, 6) is -2.06. The number of ether oxygens (including phenoxy) is 1. The van der Waals surface area contributed by atoms with Crippen LogP contribution in [0.2, 0.25) is 0 Å². The summed E-state index contributed by atoms with van der Waals surface area (Å²) in [6.07, 6.45) is 0.0812.